The molecule has 1 fully saturated rings. The van der Waals surface area contributed by atoms with E-state index in [1.807, 2.05) is 12.1 Å². The maximum Gasteiger partial charge on any atom is 0.253 e. The van der Waals surface area contributed by atoms with Gasteiger partial charge in [0.15, 0.2) is 0 Å². The van der Waals surface area contributed by atoms with Crippen molar-refractivity contribution in [3.8, 4) is 17.2 Å². The third-order valence-electron chi connectivity index (χ3n) is 5.73. The largest absolute Gasteiger partial charge is 0.497 e. The van der Waals surface area contributed by atoms with Crippen molar-refractivity contribution in [1.82, 2.24) is 10.2 Å². The van der Waals surface area contributed by atoms with E-state index < -0.39 is 5.92 Å². The lowest BCUT2D eigenvalue weighted by Crippen LogP contribution is -2.37. The molecule has 2 aromatic rings. The van der Waals surface area contributed by atoms with Crippen LogP contribution in [0.15, 0.2) is 42.5 Å². The van der Waals surface area contributed by atoms with E-state index in [-0.39, 0.29) is 17.7 Å². The van der Waals surface area contributed by atoms with Crippen LogP contribution in [0, 0.1) is 5.92 Å². The third-order valence-corrected chi connectivity index (χ3v) is 5.73. The Balaban J connectivity index is 1.88. The summed E-state index contributed by atoms with van der Waals surface area (Å²) in [6.07, 6.45) is 0. The first-order valence-electron chi connectivity index (χ1n) is 10.4. The number of nitrogens with one attached hydrogen (secondary N) is 1. The SMILES string of the molecule is COCCNC(=O)C1CN(C(=O)c2ccc(OC)cc2)CC1c1ccc(OC)cc1OC. The predicted octanol–water partition coefficient (Wildman–Crippen LogP) is 2.33. The molecule has 8 nitrogen and oxygen atoms in total. The lowest BCUT2D eigenvalue weighted by Gasteiger charge is -2.21. The first-order chi connectivity index (χ1) is 15.5. The molecule has 3 rings (SSSR count). The van der Waals surface area contributed by atoms with Gasteiger partial charge in [0.05, 0.1) is 33.9 Å². The first-order valence-corrected chi connectivity index (χ1v) is 10.4. The van der Waals surface area contributed by atoms with E-state index in [4.69, 9.17) is 18.9 Å². The minimum atomic E-state index is -0.420. The van der Waals surface area contributed by atoms with Gasteiger partial charge in [-0.25, -0.2) is 0 Å². The van der Waals surface area contributed by atoms with Gasteiger partial charge in [-0.3, -0.25) is 9.59 Å². The molecule has 0 saturated carbocycles. The van der Waals surface area contributed by atoms with Gasteiger partial charge in [0, 0.05) is 49.9 Å². The Bertz CT molecular complexity index is 931. The van der Waals surface area contributed by atoms with Crippen LogP contribution in [0.25, 0.3) is 0 Å². The second kappa shape index (κ2) is 10.9. The highest BCUT2D eigenvalue weighted by Gasteiger charge is 2.41. The molecule has 2 atom stereocenters. The highest BCUT2D eigenvalue weighted by atomic mass is 16.5. The van der Waals surface area contributed by atoms with Crippen LogP contribution in [0.2, 0.25) is 0 Å². The van der Waals surface area contributed by atoms with Crippen LogP contribution in [0.1, 0.15) is 21.8 Å². The highest BCUT2D eigenvalue weighted by molar-refractivity contribution is 5.95. The lowest BCUT2D eigenvalue weighted by atomic mass is 9.87. The quantitative estimate of drug-likeness (QED) is 0.600. The molecule has 172 valence electrons. The summed E-state index contributed by atoms with van der Waals surface area (Å²) in [5.41, 5.74) is 1.41. The Morgan fingerprint density at radius 1 is 0.938 bits per heavy atom. The molecule has 0 spiro atoms. The number of hydrogen-bond donors (Lipinski definition) is 1. The number of rotatable bonds is 9. The Labute approximate surface area is 188 Å². The average molecular weight is 443 g/mol. The molecule has 0 bridgehead atoms. The van der Waals surface area contributed by atoms with E-state index in [1.165, 1.54) is 0 Å². The zero-order valence-electron chi connectivity index (χ0n) is 18.9. The number of hydrogen-bond acceptors (Lipinski definition) is 6. The van der Waals surface area contributed by atoms with Gasteiger partial charge in [-0.05, 0) is 30.3 Å². The summed E-state index contributed by atoms with van der Waals surface area (Å²) in [6, 6.07) is 12.5. The Kier molecular flexibility index (Phi) is 7.94. The van der Waals surface area contributed by atoms with E-state index in [9.17, 15) is 9.59 Å². The summed E-state index contributed by atoms with van der Waals surface area (Å²) in [7, 11) is 6.34. The zero-order chi connectivity index (χ0) is 23.1. The maximum absolute atomic E-state index is 13.2. The minimum Gasteiger partial charge on any atom is -0.497 e. The number of carbonyl (C=O) groups excluding carboxylic acids is 2. The summed E-state index contributed by atoms with van der Waals surface area (Å²) in [5, 5.41) is 2.92. The third kappa shape index (κ3) is 5.13. The van der Waals surface area contributed by atoms with E-state index in [2.05, 4.69) is 5.32 Å². The monoisotopic (exact) mass is 442 g/mol. The van der Waals surface area contributed by atoms with Crippen LogP contribution < -0.4 is 19.5 Å². The predicted molar refractivity (Wildman–Crippen MR) is 120 cm³/mol. The normalized spacial score (nSPS) is 17.7. The molecule has 2 aromatic carbocycles. The average Bonchev–Trinajstić information content (AvgIpc) is 3.28. The smallest absolute Gasteiger partial charge is 0.253 e. The van der Waals surface area contributed by atoms with E-state index in [0.29, 0.717) is 49.1 Å². The molecule has 2 amide bonds. The summed E-state index contributed by atoms with van der Waals surface area (Å²) in [4.78, 5) is 27.9. The first kappa shape index (κ1) is 23.4. The van der Waals surface area contributed by atoms with Crippen LogP contribution in [-0.2, 0) is 9.53 Å². The molecule has 2 unspecified atom stereocenters. The zero-order valence-corrected chi connectivity index (χ0v) is 18.9. The molecule has 1 N–H and O–H groups in total. The van der Waals surface area contributed by atoms with Gasteiger partial charge in [-0.2, -0.15) is 0 Å². The van der Waals surface area contributed by atoms with Gasteiger partial charge >= 0.3 is 0 Å². The number of likely N-dealkylation sites (tertiary alicyclic amines) is 1. The van der Waals surface area contributed by atoms with Gasteiger partial charge in [-0.1, -0.05) is 6.07 Å². The highest BCUT2D eigenvalue weighted by Crippen LogP contribution is 2.39. The molecular weight excluding hydrogens is 412 g/mol. The van der Waals surface area contributed by atoms with Crippen molar-refractivity contribution in [3.05, 3.63) is 53.6 Å². The van der Waals surface area contributed by atoms with Gasteiger partial charge < -0.3 is 29.2 Å². The van der Waals surface area contributed by atoms with Crippen molar-refractivity contribution in [2.75, 3.05) is 54.7 Å². The topological polar surface area (TPSA) is 86.3 Å². The number of carbonyl (C=O) groups is 2. The lowest BCUT2D eigenvalue weighted by molar-refractivity contribution is -0.125. The van der Waals surface area contributed by atoms with Crippen LogP contribution in [0.5, 0.6) is 17.2 Å². The van der Waals surface area contributed by atoms with Crippen molar-refractivity contribution in [2.24, 2.45) is 5.92 Å². The van der Waals surface area contributed by atoms with E-state index >= 15 is 0 Å². The van der Waals surface area contributed by atoms with Gasteiger partial charge in [0.1, 0.15) is 17.2 Å². The molecule has 32 heavy (non-hydrogen) atoms. The van der Waals surface area contributed by atoms with Crippen LogP contribution in [0.3, 0.4) is 0 Å². The number of nitrogens with zero attached hydrogens (tertiary/aromatic N) is 1. The van der Waals surface area contributed by atoms with Crippen molar-refractivity contribution in [3.63, 3.8) is 0 Å². The molecule has 0 radical (unpaired) electrons. The molecule has 8 heteroatoms. The van der Waals surface area contributed by atoms with Crippen molar-refractivity contribution in [1.29, 1.82) is 0 Å². The Morgan fingerprint density at radius 2 is 1.62 bits per heavy atom. The second-order valence-electron chi connectivity index (χ2n) is 7.54. The minimum absolute atomic E-state index is 0.116. The summed E-state index contributed by atoms with van der Waals surface area (Å²) >= 11 is 0. The summed E-state index contributed by atoms with van der Waals surface area (Å²) in [5.74, 6) is 1.09. The Morgan fingerprint density at radius 3 is 2.25 bits per heavy atom. The molecular formula is C24H30N2O6. The molecule has 0 aliphatic carbocycles. The van der Waals surface area contributed by atoms with Crippen LogP contribution in [-0.4, -0.2) is 71.4 Å². The summed E-state index contributed by atoms with van der Waals surface area (Å²) < 4.78 is 21.1. The molecule has 0 aromatic heterocycles. The number of amides is 2. The standard InChI is InChI=1S/C24H30N2O6/c1-29-12-11-25-23(27)21-15-26(24(28)16-5-7-17(30-2)8-6-16)14-20(21)19-10-9-18(31-3)13-22(19)32-4/h5-10,13,20-21H,11-12,14-15H2,1-4H3,(H,25,27). The van der Waals surface area contributed by atoms with Gasteiger partial charge in [0.25, 0.3) is 5.91 Å². The van der Waals surface area contributed by atoms with Gasteiger partial charge in [-0.15, -0.1) is 0 Å². The molecule has 1 aliphatic heterocycles. The maximum atomic E-state index is 13.2. The number of ether oxygens (including phenoxy) is 4. The van der Waals surface area contributed by atoms with Crippen molar-refractivity contribution < 1.29 is 28.5 Å². The molecule has 1 aliphatic rings. The second-order valence-corrected chi connectivity index (χ2v) is 7.54. The Hall–Kier alpha value is -3.26. The van der Waals surface area contributed by atoms with Crippen LogP contribution in [0.4, 0.5) is 0 Å². The van der Waals surface area contributed by atoms with Crippen molar-refractivity contribution >= 4 is 11.8 Å². The van der Waals surface area contributed by atoms with E-state index in [0.717, 1.165) is 5.56 Å². The number of benzene rings is 2. The summed E-state index contributed by atoms with van der Waals surface area (Å²) in [6.45, 7) is 1.54. The fraction of sp³-hybridized carbons (Fsp3) is 0.417. The van der Waals surface area contributed by atoms with E-state index in [1.54, 1.807) is 63.7 Å². The molecule has 1 heterocycles. The van der Waals surface area contributed by atoms with Gasteiger partial charge in [0.2, 0.25) is 5.91 Å². The fourth-order valence-corrected chi connectivity index (χ4v) is 4.00. The van der Waals surface area contributed by atoms with Crippen LogP contribution >= 0.6 is 0 Å². The molecule has 1 saturated heterocycles. The number of methoxy groups -OCH3 is 4. The van der Waals surface area contributed by atoms with Crippen molar-refractivity contribution in [2.45, 2.75) is 5.92 Å². The fourth-order valence-electron chi connectivity index (χ4n) is 4.00.